The fourth-order valence-electron chi connectivity index (χ4n) is 2.56. The molecule has 0 amide bonds. The monoisotopic (exact) mass is 313 g/mol. The van der Waals surface area contributed by atoms with Crippen LogP contribution in [0.5, 0.6) is 11.5 Å². The predicted octanol–water partition coefficient (Wildman–Crippen LogP) is 4.33. The first kappa shape index (κ1) is 17.4. The Bertz CT molecular complexity index is 576. The van der Waals surface area contributed by atoms with E-state index in [9.17, 15) is 0 Å². The van der Waals surface area contributed by atoms with E-state index in [-0.39, 0.29) is 0 Å². The molecular formula is C20H27NO2. The molecule has 2 aromatic rings. The van der Waals surface area contributed by atoms with Crippen molar-refractivity contribution in [2.75, 3.05) is 20.3 Å². The van der Waals surface area contributed by atoms with E-state index in [1.807, 2.05) is 24.3 Å². The van der Waals surface area contributed by atoms with Gasteiger partial charge in [-0.05, 0) is 60.2 Å². The Balaban J connectivity index is 1.88. The van der Waals surface area contributed by atoms with Crippen molar-refractivity contribution in [2.45, 2.75) is 32.1 Å². The number of nitrogens with two attached hydrogens (primary N) is 1. The Morgan fingerprint density at radius 3 is 1.96 bits per heavy atom. The van der Waals surface area contributed by atoms with Gasteiger partial charge in [0.05, 0.1) is 13.7 Å². The fraction of sp³-hybridized carbons (Fsp3) is 0.400. The van der Waals surface area contributed by atoms with E-state index in [0.29, 0.717) is 25.0 Å². The summed E-state index contributed by atoms with van der Waals surface area (Å²) in [6.45, 7) is 5.70. The molecule has 2 aromatic carbocycles. The Labute approximate surface area is 139 Å². The van der Waals surface area contributed by atoms with Gasteiger partial charge in [0.1, 0.15) is 11.5 Å². The molecule has 0 aromatic heterocycles. The summed E-state index contributed by atoms with van der Waals surface area (Å²) in [5.41, 5.74) is 8.60. The number of benzene rings is 2. The van der Waals surface area contributed by atoms with Crippen LogP contribution in [0.4, 0.5) is 0 Å². The SMILES string of the molecule is COc1ccc(OCCC(CN)c2ccc(C(C)C)cc2)cc1. The standard InChI is InChI=1S/C20H27NO2/c1-15(2)16-4-6-17(7-5-16)18(14-21)12-13-23-20-10-8-19(22-3)9-11-20/h4-11,15,18H,12-14,21H2,1-3H3. The maximum atomic E-state index is 5.95. The summed E-state index contributed by atoms with van der Waals surface area (Å²) in [5.74, 6) is 2.58. The second-order valence-electron chi connectivity index (χ2n) is 6.07. The molecule has 124 valence electrons. The average Bonchev–Trinajstić information content (AvgIpc) is 2.59. The zero-order chi connectivity index (χ0) is 16.7. The average molecular weight is 313 g/mol. The van der Waals surface area contributed by atoms with Crippen molar-refractivity contribution in [1.82, 2.24) is 0 Å². The minimum atomic E-state index is 0.328. The molecule has 1 unspecified atom stereocenters. The maximum Gasteiger partial charge on any atom is 0.119 e. The lowest BCUT2D eigenvalue weighted by molar-refractivity contribution is 0.297. The number of ether oxygens (including phenoxy) is 2. The molecule has 1 atom stereocenters. The molecule has 0 heterocycles. The van der Waals surface area contributed by atoms with Gasteiger partial charge in [-0.2, -0.15) is 0 Å². The van der Waals surface area contributed by atoms with Gasteiger partial charge >= 0.3 is 0 Å². The van der Waals surface area contributed by atoms with E-state index >= 15 is 0 Å². The smallest absolute Gasteiger partial charge is 0.119 e. The van der Waals surface area contributed by atoms with Crippen molar-refractivity contribution in [3.05, 3.63) is 59.7 Å². The van der Waals surface area contributed by atoms with E-state index < -0.39 is 0 Å². The molecule has 0 radical (unpaired) electrons. The van der Waals surface area contributed by atoms with Crippen LogP contribution < -0.4 is 15.2 Å². The molecule has 0 fully saturated rings. The molecule has 23 heavy (non-hydrogen) atoms. The van der Waals surface area contributed by atoms with Gasteiger partial charge in [0, 0.05) is 0 Å². The van der Waals surface area contributed by atoms with Crippen molar-refractivity contribution in [3.63, 3.8) is 0 Å². The summed E-state index contributed by atoms with van der Waals surface area (Å²) in [4.78, 5) is 0. The molecule has 0 saturated carbocycles. The first-order chi connectivity index (χ1) is 11.1. The van der Waals surface area contributed by atoms with Crippen LogP contribution in [-0.2, 0) is 0 Å². The minimum Gasteiger partial charge on any atom is -0.497 e. The van der Waals surface area contributed by atoms with E-state index in [0.717, 1.165) is 17.9 Å². The molecule has 0 saturated heterocycles. The maximum absolute atomic E-state index is 5.95. The lowest BCUT2D eigenvalue weighted by Gasteiger charge is -2.17. The minimum absolute atomic E-state index is 0.328. The van der Waals surface area contributed by atoms with Gasteiger partial charge in [-0.1, -0.05) is 38.1 Å². The third-order valence-corrected chi connectivity index (χ3v) is 4.15. The molecule has 0 bridgehead atoms. The summed E-state index contributed by atoms with van der Waals surface area (Å²) in [5, 5.41) is 0. The van der Waals surface area contributed by atoms with Crippen molar-refractivity contribution in [2.24, 2.45) is 5.73 Å². The lowest BCUT2D eigenvalue weighted by atomic mass is 9.93. The quantitative estimate of drug-likeness (QED) is 0.789. The molecule has 2 rings (SSSR count). The van der Waals surface area contributed by atoms with Gasteiger partial charge in [0.25, 0.3) is 0 Å². The third-order valence-electron chi connectivity index (χ3n) is 4.15. The Morgan fingerprint density at radius 1 is 0.870 bits per heavy atom. The van der Waals surface area contributed by atoms with Crippen molar-refractivity contribution >= 4 is 0 Å². The highest BCUT2D eigenvalue weighted by molar-refractivity contribution is 5.31. The van der Waals surface area contributed by atoms with E-state index in [4.69, 9.17) is 15.2 Å². The predicted molar refractivity (Wildman–Crippen MR) is 95.4 cm³/mol. The van der Waals surface area contributed by atoms with Crippen LogP contribution in [-0.4, -0.2) is 20.3 Å². The van der Waals surface area contributed by atoms with Crippen molar-refractivity contribution in [3.8, 4) is 11.5 Å². The molecule has 0 aliphatic heterocycles. The Hall–Kier alpha value is -2.00. The summed E-state index contributed by atoms with van der Waals surface area (Å²) in [6, 6.07) is 16.4. The largest absolute Gasteiger partial charge is 0.497 e. The lowest BCUT2D eigenvalue weighted by Crippen LogP contribution is -2.15. The highest BCUT2D eigenvalue weighted by atomic mass is 16.5. The van der Waals surface area contributed by atoms with Crippen LogP contribution in [0.25, 0.3) is 0 Å². The zero-order valence-electron chi connectivity index (χ0n) is 14.3. The van der Waals surface area contributed by atoms with Gasteiger partial charge < -0.3 is 15.2 Å². The summed E-state index contributed by atoms with van der Waals surface area (Å²) in [7, 11) is 1.66. The van der Waals surface area contributed by atoms with Crippen LogP contribution in [0.3, 0.4) is 0 Å². The highest BCUT2D eigenvalue weighted by Gasteiger charge is 2.10. The van der Waals surface area contributed by atoms with Crippen LogP contribution in [0.1, 0.15) is 43.2 Å². The highest BCUT2D eigenvalue weighted by Crippen LogP contribution is 2.23. The molecule has 0 spiro atoms. The van der Waals surface area contributed by atoms with Crippen LogP contribution in [0, 0.1) is 0 Å². The molecule has 3 heteroatoms. The van der Waals surface area contributed by atoms with E-state index in [1.165, 1.54) is 11.1 Å². The Morgan fingerprint density at radius 2 is 1.43 bits per heavy atom. The molecular weight excluding hydrogens is 286 g/mol. The van der Waals surface area contributed by atoms with Crippen molar-refractivity contribution < 1.29 is 9.47 Å². The molecule has 3 nitrogen and oxygen atoms in total. The van der Waals surface area contributed by atoms with Crippen LogP contribution in [0.15, 0.2) is 48.5 Å². The van der Waals surface area contributed by atoms with Gasteiger partial charge in [-0.25, -0.2) is 0 Å². The number of hydrogen-bond acceptors (Lipinski definition) is 3. The number of methoxy groups -OCH3 is 1. The Kier molecular flexibility index (Phi) is 6.48. The van der Waals surface area contributed by atoms with Crippen LogP contribution >= 0.6 is 0 Å². The number of hydrogen-bond donors (Lipinski definition) is 1. The molecule has 0 aliphatic carbocycles. The van der Waals surface area contributed by atoms with Gasteiger partial charge in [0.15, 0.2) is 0 Å². The number of rotatable bonds is 8. The van der Waals surface area contributed by atoms with E-state index in [1.54, 1.807) is 7.11 Å². The summed E-state index contributed by atoms with van der Waals surface area (Å²) >= 11 is 0. The summed E-state index contributed by atoms with van der Waals surface area (Å²) < 4.78 is 11.0. The zero-order valence-corrected chi connectivity index (χ0v) is 14.3. The summed E-state index contributed by atoms with van der Waals surface area (Å²) in [6.07, 6.45) is 0.906. The normalized spacial score (nSPS) is 12.2. The van der Waals surface area contributed by atoms with Gasteiger partial charge in [-0.15, -0.1) is 0 Å². The molecule has 0 aliphatic rings. The van der Waals surface area contributed by atoms with E-state index in [2.05, 4.69) is 38.1 Å². The first-order valence-electron chi connectivity index (χ1n) is 8.20. The topological polar surface area (TPSA) is 44.5 Å². The second-order valence-corrected chi connectivity index (χ2v) is 6.07. The van der Waals surface area contributed by atoms with Gasteiger partial charge in [0.2, 0.25) is 0 Å². The fourth-order valence-corrected chi connectivity index (χ4v) is 2.56. The van der Waals surface area contributed by atoms with Crippen LogP contribution in [0.2, 0.25) is 0 Å². The first-order valence-corrected chi connectivity index (χ1v) is 8.20. The van der Waals surface area contributed by atoms with Crippen molar-refractivity contribution in [1.29, 1.82) is 0 Å². The second kappa shape index (κ2) is 8.59. The molecule has 2 N–H and O–H groups in total. The van der Waals surface area contributed by atoms with Gasteiger partial charge in [-0.3, -0.25) is 0 Å². The third kappa shape index (κ3) is 5.00.